The highest BCUT2D eigenvalue weighted by Gasteiger charge is 2.21. The van der Waals surface area contributed by atoms with Gasteiger partial charge in [0.25, 0.3) is 5.56 Å². The van der Waals surface area contributed by atoms with E-state index in [0.29, 0.717) is 24.0 Å². The third-order valence-electron chi connectivity index (χ3n) is 5.09. The summed E-state index contributed by atoms with van der Waals surface area (Å²) in [6, 6.07) is 7.03. The van der Waals surface area contributed by atoms with Crippen molar-refractivity contribution in [2.45, 2.75) is 12.6 Å². The summed E-state index contributed by atoms with van der Waals surface area (Å²) in [6.07, 6.45) is -0.925. The zero-order chi connectivity index (χ0) is 23.4. The van der Waals surface area contributed by atoms with Crippen LogP contribution in [0.5, 0.6) is 11.5 Å². The van der Waals surface area contributed by atoms with Gasteiger partial charge in [0.15, 0.2) is 11.2 Å². The molecule has 0 radical (unpaired) electrons. The molecule has 2 N–H and O–H groups in total. The Hall–Kier alpha value is -3.31. The highest BCUT2D eigenvalue weighted by Crippen LogP contribution is 2.19. The third-order valence-corrected chi connectivity index (χ3v) is 5.09. The Bertz CT molecular complexity index is 1180. The zero-order valence-electron chi connectivity index (χ0n) is 19.0. The maximum atomic E-state index is 12.9. The molecule has 32 heavy (non-hydrogen) atoms. The van der Waals surface area contributed by atoms with Crippen LogP contribution in [0.3, 0.4) is 0 Å². The number of aliphatic hydroxyl groups excluding tert-OH is 1. The SMILES string of the molecule is COc1ccc(OC[C@@H](O)Cn2c(NCCN(C)C)nc3c2c(=O)n(C)c(=O)n3C)cc1. The standard InChI is InChI=1S/C21H30N6O5/c1-24(2)11-10-22-20-23-18-17(19(29)26(4)21(30)25(18)3)27(20)12-14(28)13-32-16-8-6-15(31-5)7-9-16/h6-9,14,28H,10-13H2,1-5H3,(H,22,23)/t14-/m0/s1. The number of anilines is 1. The molecule has 174 valence electrons. The fourth-order valence-corrected chi connectivity index (χ4v) is 3.28. The Balaban J connectivity index is 1.88. The number of methoxy groups -OCH3 is 1. The van der Waals surface area contributed by atoms with Gasteiger partial charge in [0.1, 0.15) is 24.2 Å². The fourth-order valence-electron chi connectivity index (χ4n) is 3.28. The number of aromatic nitrogens is 4. The lowest BCUT2D eigenvalue weighted by Crippen LogP contribution is -2.38. The Morgan fingerprint density at radius 2 is 1.78 bits per heavy atom. The molecule has 3 rings (SSSR count). The van der Waals surface area contributed by atoms with Crippen molar-refractivity contribution in [3.05, 3.63) is 45.1 Å². The van der Waals surface area contributed by atoms with Gasteiger partial charge in [-0.25, -0.2) is 4.79 Å². The first-order valence-electron chi connectivity index (χ1n) is 10.2. The number of likely N-dealkylation sites (N-methyl/N-ethyl adjacent to an activating group) is 1. The summed E-state index contributed by atoms with van der Waals surface area (Å²) in [4.78, 5) is 31.7. The number of aryl methyl sites for hydroxylation is 1. The number of ether oxygens (including phenoxy) is 2. The van der Waals surface area contributed by atoms with Crippen LogP contribution in [0.4, 0.5) is 5.95 Å². The fraction of sp³-hybridized carbons (Fsp3) is 0.476. The predicted octanol–water partition coefficient (Wildman–Crippen LogP) is -0.144. The molecule has 0 aliphatic carbocycles. The number of hydrogen-bond acceptors (Lipinski definition) is 8. The van der Waals surface area contributed by atoms with Crippen molar-refractivity contribution in [2.24, 2.45) is 14.1 Å². The molecule has 2 heterocycles. The molecule has 0 saturated heterocycles. The summed E-state index contributed by atoms with van der Waals surface area (Å²) in [6.45, 7) is 1.38. The van der Waals surface area contributed by atoms with E-state index in [1.807, 2.05) is 19.0 Å². The van der Waals surface area contributed by atoms with Gasteiger partial charge in [-0.2, -0.15) is 4.98 Å². The Kier molecular flexibility index (Phi) is 7.21. The van der Waals surface area contributed by atoms with Crippen LogP contribution in [0.15, 0.2) is 33.9 Å². The highest BCUT2D eigenvalue weighted by molar-refractivity contribution is 5.74. The zero-order valence-corrected chi connectivity index (χ0v) is 19.0. The Morgan fingerprint density at radius 3 is 2.41 bits per heavy atom. The van der Waals surface area contributed by atoms with Crippen molar-refractivity contribution < 1.29 is 14.6 Å². The predicted molar refractivity (Wildman–Crippen MR) is 122 cm³/mol. The van der Waals surface area contributed by atoms with E-state index in [9.17, 15) is 14.7 Å². The summed E-state index contributed by atoms with van der Waals surface area (Å²) >= 11 is 0. The molecule has 3 aromatic rings. The summed E-state index contributed by atoms with van der Waals surface area (Å²) in [5.74, 6) is 1.70. The number of benzene rings is 1. The van der Waals surface area contributed by atoms with E-state index in [0.717, 1.165) is 11.1 Å². The molecule has 11 nitrogen and oxygen atoms in total. The number of aliphatic hydroxyl groups is 1. The van der Waals surface area contributed by atoms with Gasteiger partial charge in [-0.15, -0.1) is 0 Å². The highest BCUT2D eigenvalue weighted by atomic mass is 16.5. The van der Waals surface area contributed by atoms with Gasteiger partial charge in [-0.3, -0.25) is 13.9 Å². The number of fused-ring (bicyclic) bond motifs is 1. The topological polar surface area (TPSA) is 116 Å². The van der Waals surface area contributed by atoms with Crippen LogP contribution in [0.2, 0.25) is 0 Å². The largest absolute Gasteiger partial charge is 0.497 e. The quantitative estimate of drug-likeness (QED) is 0.442. The number of nitrogens with zero attached hydrogens (tertiary/aromatic N) is 5. The lowest BCUT2D eigenvalue weighted by Gasteiger charge is -2.17. The maximum Gasteiger partial charge on any atom is 0.332 e. The smallest absolute Gasteiger partial charge is 0.332 e. The van der Waals surface area contributed by atoms with Crippen molar-refractivity contribution >= 4 is 17.1 Å². The van der Waals surface area contributed by atoms with E-state index >= 15 is 0 Å². The molecule has 1 aromatic carbocycles. The molecule has 2 aromatic heterocycles. The minimum atomic E-state index is -0.925. The third kappa shape index (κ3) is 4.94. The van der Waals surface area contributed by atoms with Gasteiger partial charge in [-0.1, -0.05) is 0 Å². The number of nitrogens with one attached hydrogen (secondary N) is 1. The van der Waals surface area contributed by atoms with Gasteiger partial charge in [0, 0.05) is 27.2 Å². The van der Waals surface area contributed by atoms with E-state index in [1.54, 1.807) is 43.0 Å². The second kappa shape index (κ2) is 9.88. The van der Waals surface area contributed by atoms with Gasteiger partial charge in [0.2, 0.25) is 5.95 Å². The summed E-state index contributed by atoms with van der Waals surface area (Å²) in [7, 11) is 8.46. The van der Waals surface area contributed by atoms with E-state index in [1.165, 1.54) is 11.6 Å². The minimum Gasteiger partial charge on any atom is -0.497 e. The molecule has 1 atom stereocenters. The van der Waals surface area contributed by atoms with E-state index in [2.05, 4.69) is 10.3 Å². The van der Waals surface area contributed by atoms with Crippen LogP contribution >= 0.6 is 0 Å². The Labute approximate surface area is 185 Å². The van der Waals surface area contributed by atoms with Gasteiger partial charge < -0.3 is 29.4 Å². The normalized spacial score (nSPS) is 12.3. The molecular weight excluding hydrogens is 416 g/mol. The van der Waals surface area contributed by atoms with Crippen LogP contribution in [0.1, 0.15) is 0 Å². The first-order chi connectivity index (χ1) is 15.2. The van der Waals surface area contributed by atoms with Crippen molar-refractivity contribution in [3.63, 3.8) is 0 Å². The van der Waals surface area contributed by atoms with Crippen molar-refractivity contribution in [1.82, 2.24) is 23.6 Å². The first-order valence-corrected chi connectivity index (χ1v) is 10.2. The summed E-state index contributed by atoms with van der Waals surface area (Å²) in [5, 5.41) is 13.9. The Morgan fingerprint density at radius 1 is 1.12 bits per heavy atom. The second-order valence-electron chi connectivity index (χ2n) is 7.79. The van der Waals surface area contributed by atoms with E-state index in [4.69, 9.17) is 9.47 Å². The van der Waals surface area contributed by atoms with Crippen LogP contribution in [0, 0.1) is 0 Å². The number of imidazole rings is 1. The molecule has 0 fully saturated rings. The maximum absolute atomic E-state index is 12.9. The molecule has 0 spiro atoms. The molecule has 0 aliphatic heterocycles. The van der Waals surface area contributed by atoms with Crippen LogP contribution in [0.25, 0.3) is 11.2 Å². The number of rotatable bonds is 10. The first kappa shape index (κ1) is 23.4. The van der Waals surface area contributed by atoms with Crippen molar-refractivity contribution in [3.8, 4) is 11.5 Å². The molecule has 0 unspecified atom stereocenters. The lowest BCUT2D eigenvalue weighted by molar-refractivity contribution is 0.0938. The molecule has 0 aliphatic rings. The van der Waals surface area contributed by atoms with E-state index in [-0.39, 0.29) is 24.3 Å². The summed E-state index contributed by atoms with van der Waals surface area (Å²) in [5.41, 5.74) is -0.436. The molecular formula is C21H30N6O5. The minimum absolute atomic E-state index is 0.00915. The van der Waals surface area contributed by atoms with Crippen LogP contribution < -0.4 is 26.0 Å². The van der Waals surface area contributed by atoms with Crippen molar-refractivity contribution in [1.29, 1.82) is 0 Å². The molecule has 0 bridgehead atoms. The second-order valence-corrected chi connectivity index (χ2v) is 7.79. The lowest BCUT2D eigenvalue weighted by atomic mass is 10.3. The van der Waals surface area contributed by atoms with Crippen molar-refractivity contribution in [2.75, 3.05) is 46.2 Å². The average Bonchev–Trinajstić information content (AvgIpc) is 3.13. The molecule has 0 amide bonds. The number of hydrogen-bond donors (Lipinski definition) is 2. The average molecular weight is 447 g/mol. The van der Waals surface area contributed by atoms with Gasteiger partial charge in [0.05, 0.1) is 13.7 Å². The molecule has 0 saturated carbocycles. The van der Waals surface area contributed by atoms with E-state index < -0.39 is 17.4 Å². The summed E-state index contributed by atoms with van der Waals surface area (Å²) < 4.78 is 14.8. The van der Waals surface area contributed by atoms with Gasteiger partial charge in [-0.05, 0) is 38.4 Å². The van der Waals surface area contributed by atoms with Crippen LogP contribution in [-0.2, 0) is 20.6 Å². The van der Waals surface area contributed by atoms with Gasteiger partial charge >= 0.3 is 5.69 Å². The monoisotopic (exact) mass is 446 g/mol. The molecule has 11 heteroatoms. The van der Waals surface area contributed by atoms with Crippen LogP contribution in [-0.4, -0.2) is 75.7 Å².